The molecule has 1 aromatic heterocycles. The van der Waals surface area contributed by atoms with E-state index in [-0.39, 0.29) is 5.91 Å². The van der Waals surface area contributed by atoms with E-state index in [4.69, 9.17) is 5.26 Å². The maximum Gasteiger partial charge on any atom is 0.255 e. The van der Waals surface area contributed by atoms with Crippen molar-refractivity contribution in [2.75, 3.05) is 0 Å². The lowest BCUT2D eigenvalue weighted by atomic mass is 10.2. The first-order chi connectivity index (χ1) is 7.27. The third-order valence-electron chi connectivity index (χ3n) is 1.86. The molecule has 1 heterocycles. The van der Waals surface area contributed by atoms with Gasteiger partial charge in [0.1, 0.15) is 12.4 Å². The molecule has 0 aromatic carbocycles. The standard InChI is InChI=1S/C10H12N4O/c1-2-3-9(4-11)14-10(15)8-5-12-7-13-6-8/h5-7,9H,2-3H2,1H3,(H,14,15). The Morgan fingerprint density at radius 2 is 2.27 bits per heavy atom. The Kier molecular flexibility index (Phi) is 4.23. The largest absolute Gasteiger partial charge is 0.336 e. The van der Waals surface area contributed by atoms with Crippen molar-refractivity contribution in [3.63, 3.8) is 0 Å². The first-order valence-corrected chi connectivity index (χ1v) is 4.73. The average molecular weight is 204 g/mol. The summed E-state index contributed by atoms with van der Waals surface area (Å²) in [6.45, 7) is 1.96. The smallest absolute Gasteiger partial charge is 0.255 e. The SMILES string of the molecule is CCCC(C#N)NC(=O)c1cncnc1. The van der Waals surface area contributed by atoms with E-state index >= 15 is 0 Å². The van der Waals surface area contributed by atoms with E-state index in [0.717, 1.165) is 6.42 Å². The zero-order valence-electron chi connectivity index (χ0n) is 8.47. The molecule has 0 fully saturated rings. The van der Waals surface area contributed by atoms with Crippen molar-refractivity contribution in [2.24, 2.45) is 0 Å². The van der Waals surface area contributed by atoms with Crippen LogP contribution in [0.3, 0.4) is 0 Å². The van der Waals surface area contributed by atoms with Crippen LogP contribution in [0.4, 0.5) is 0 Å². The number of amides is 1. The Morgan fingerprint density at radius 3 is 2.80 bits per heavy atom. The molecule has 0 saturated carbocycles. The predicted octanol–water partition coefficient (Wildman–Crippen LogP) is 0.899. The topological polar surface area (TPSA) is 78.7 Å². The van der Waals surface area contributed by atoms with Gasteiger partial charge in [-0.1, -0.05) is 13.3 Å². The molecule has 0 aliphatic carbocycles. The maximum atomic E-state index is 11.5. The molecule has 1 N–H and O–H groups in total. The van der Waals surface area contributed by atoms with Gasteiger partial charge in [-0.05, 0) is 6.42 Å². The van der Waals surface area contributed by atoms with E-state index in [0.29, 0.717) is 12.0 Å². The third kappa shape index (κ3) is 3.35. The Labute approximate surface area is 88.2 Å². The van der Waals surface area contributed by atoms with Crippen molar-refractivity contribution < 1.29 is 4.79 Å². The number of rotatable bonds is 4. The predicted molar refractivity (Wildman–Crippen MR) is 53.8 cm³/mol. The van der Waals surface area contributed by atoms with Gasteiger partial charge in [0.2, 0.25) is 0 Å². The first kappa shape index (κ1) is 11.1. The lowest BCUT2D eigenvalue weighted by Crippen LogP contribution is -2.33. The monoisotopic (exact) mass is 204 g/mol. The van der Waals surface area contributed by atoms with Gasteiger partial charge in [-0.15, -0.1) is 0 Å². The quantitative estimate of drug-likeness (QED) is 0.790. The first-order valence-electron chi connectivity index (χ1n) is 4.73. The number of nitriles is 1. The number of nitrogens with zero attached hydrogens (tertiary/aromatic N) is 3. The lowest BCUT2D eigenvalue weighted by molar-refractivity contribution is 0.0943. The third-order valence-corrected chi connectivity index (χ3v) is 1.86. The Bertz CT molecular complexity index is 357. The summed E-state index contributed by atoms with van der Waals surface area (Å²) in [5.41, 5.74) is 0.369. The summed E-state index contributed by atoms with van der Waals surface area (Å²) in [6.07, 6.45) is 5.69. The van der Waals surface area contributed by atoms with Gasteiger partial charge in [0, 0.05) is 12.4 Å². The molecule has 5 heteroatoms. The Morgan fingerprint density at radius 1 is 1.60 bits per heavy atom. The summed E-state index contributed by atoms with van der Waals surface area (Å²) >= 11 is 0. The zero-order valence-corrected chi connectivity index (χ0v) is 8.47. The van der Waals surface area contributed by atoms with Crippen molar-refractivity contribution in [2.45, 2.75) is 25.8 Å². The summed E-state index contributed by atoms with van der Waals surface area (Å²) in [4.78, 5) is 19.0. The average Bonchev–Trinajstić information content (AvgIpc) is 2.29. The van der Waals surface area contributed by atoms with Crippen molar-refractivity contribution in [3.05, 3.63) is 24.3 Å². The van der Waals surface area contributed by atoms with Crippen molar-refractivity contribution in [1.29, 1.82) is 5.26 Å². The molecule has 0 aliphatic heterocycles. The van der Waals surface area contributed by atoms with Gasteiger partial charge in [-0.3, -0.25) is 4.79 Å². The van der Waals surface area contributed by atoms with Crippen LogP contribution < -0.4 is 5.32 Å². The molecule has 0 spiro atoms. The van der Waals surface area contributed by atoms with Crippen LogP contribution in [0.5, 0.6) is 0 Å². The number of carbonyl (C=O) groups excluding carboxylic acids is 1. The van der Waals surface area contributed by atoms with Crippen LogP contribution >= 0.6 is 0 Å². The number of carbonyl (C=O) groups is 1. The van der Waals surface area contributed by atoms with Crippen LogP contribution in [0.15, 0.2) is 18.7 Å². The molecule has 1 aromatic rings. The summed E-state index contributed by atoms with van der Waals surface area (Å²) < 4.78 is 0. The van der Waals surface area contributed by atoms with E-state index in [1.807, 2.05) is 13.0 Å². The summed E-state index contributed by atoms with van der Waals surface area (Å²) in [5.74, 6) is -0.310. The molecule has 15 heavy (non-hydrogen) atoms. The van der Waals surface area contributed by atoms with E-state index in [2.05, 4.69) is 15.3 Å². The fourth-order valence-electron chi connectivity index (χ4n) is 1.12. The second kappa shape index (κ2) is 5.70. The summed E-state index contributed by atoms with van der Waals surface area (Å²) in [7, 11) is 0. The molecule has 0 bridgehead atoms. The molecule has 5 nitrogen and oxygen atoms in total. The van der Waals surface area contributed by atoms with Gasteiger partial charge in [0.15, 0.2) is 0 Å². The molecule has 0 aliphatic rings. The number of hydrogen-bond acceptors (Lipinski definition) is 4. The van der Waals surface area contributed by atoms with Crippen molar-refractivity contribution in [3.8, 4) is 6.07 Å². The summed E-state index contributed by atoms with van der Waals surface area (Å²) in [5, 5.41) is 11.4. The highest BCUT2D eigenvalue weighted by Gasteiger charge is 2.11. The number of nitrogens with one attached hydrogen (secondary N) is 1. The van der Waals surface area contributed by atoms with Crippen LogP contribution in [0, 0.1) is 11.3 Å². The fourth-order valence-corrected chi connectivity index (χ4v) is 1.12. The normalized spacial score (nSPS) is 11.5. The molecule has 1 atom stereocenters. The molecule has 0 saturated heterocycles. The molecule has 0 radical (unpaired) electrons. The minimum absolute atomic E-state index is 0.310. The van der Waals surface area contributed by atoms with Gasteiger partial charge in [-0.25, -0.2) is 9.97 Å². The minimum Gasteiger partial charge on any atom is -0.336 e. The molecule has 1 amide bonds. The van der Waals surface area contributed by atoms with E-state index in [1.54, 1.807) is 0 Å². The highest BCUT2D eigenvalue weighted by atomic mass is 16.1. The molecule has 1 unspecified atom stereocenters. The van der Waals surface area contributed by atoms with Crippen molar-refractivity contribution >= 4 is 5.91 Å². The fraction of sp³-hybridized carbons (Fsp3) is 0.400. The van der Waals surface area contributed by atoms with Gasteiger partial charge >= 0.3 is 0 Å². The Balaban J connectivity index is 2.60. The van der Waals surface area contributed by atoms with Crippen molar-refractivity contribution in [1.82, 2.24) is 15.3 Å². The second-order valence-electron chi connectivity index (χ2n) is 3.07. The second-order valence-corrected chi connectivity index (χ2v) is 3.07. The molecule has 78 valence electrons. The molecular formula is C10H12N4O. The van der Waals surface area contributed by atoms with Crippen LogP contribution in [-0.4, -0.2) is 21.9 Å². The van der Waals surface area contributed by atoms with Crippen LogP contribution in [0.2, 0.25) is 0 Å². The van der Waals surface area contributed by atoms with Gasteiger partial charge in [0.25, 0.3) is 5.91 Å². The zero-order chi connectivity index (χ0) is 11.1. The van der Waals surface area contributed by atoms with E-state index in [9.17, 15) is 4.79 Å². The molecule has 1 rings (SSSR count). The van der Waals surface area contributed by atoms with Crippen LogP contribution in [-0.2, 0) is 0 Å². The van der Waals surface area contributed by atoms with Gasteiger partial charge < -0.3 is 5.32 Å². The van der Waals surface area contributed by atoms with E-state index < -0.39 is 6.04 Å². The summed E-state index contributed by atoms with van der Waals surface area (Å²) in [6, 6.07) is 1.59. The number of hydrogen-bond donors (Lipinski definition) is 1. The van der Waals surface area contributed by atoms with Gasteiger partial charge in [-0.2, -0.15) is 5.26 Å². The molecular weight excluding hydrogens is 192 g/mol. The van der Waals surface area contributed by atoms with Gasteiger partial charge in [0.05, 0.1) is 11.6 Å². The maximum absolute atomic E-state index is 11.5. The lowest BCUT2D eigenvalue weighted by Gasteiger charge is -2.09. The van der Waals surface area contributed by atoms with Crippen LogP contribution in [0.25, 0.3) is 0 Å². The van der Waals surface area contributed by atoms with E-state index in [1.165, 1.54) is 18.7 Å². The number of aromatic nitrogens is 2. The highest BCUT2D eigenvalue weighted by Crippen LogP contribution is 1.98. The highest BCUT2D eigenvalue weighted by molar-refractivity contribution is 5.93. The van der Waals surface area contributed by atoms with Crippen LogP contribution in [0.1, 0.15) is 30.1 Å². The minimum atomic E-state index is -0.442. The Hall–Kier alpha value is -1.96.